The first-order valence-corrected chi connectivity index (χ1v) is 8.44. The minimum absolute atomic E-state index is 0.313. The van der Waals surface area contributed by atoms with Gasteiger partial charge in [-0.2, -0.15) is 0 Å². The van der Waals surface area contributed by atoms with Crippen molar-refractivity contribution < 1.29 is 9.47 Å². The SMILES string of the molecule is CN=C(NCCCOCC1CCCO1)N(C)Cc1ccccc1. The van der Waals surface area contributed by atoms with Gasteiger partial charge in [0, 0.05) is 40.4 Å². The van der Waals surface area contributed by atoms with E-state index in [-0.39, 0.29) is 0 Å². The highest BCUT2D eigenvalue weighted by Gasteiger charge is 2.14. The molecule has 5 heteroatoms. The van der Waals surface area contributed by atoms with Crippen molar-refractivity contribution in [2.45, 2.75) is 31.9 Å². The van der Waals surface area contributed by atoms with Gasteiger partial charge >= 0.3 is 0 Å². The maximum atomic E-state index is 5.67. The summed E-state index contributed by atoms with van der Waals surface area (Å²) in [6.45, 7) is 4.07. The van der Waals surface area contributed by atoms with Gasteiger partial charge in [-0.25, -0.2) is 0 Å². The van der Waals surface area contributed by atoms with E-state index in [1.165, 1.54) is 12.0 Å². The lowest BCUT2D eigenvalue weighted by atomic mass is 10.2. The third kappa shape index (κ3) is 6.59. The molecule has 23 heavy (non-hydrogen) atoms. The van der Waals surface area contributed by atoms with E-state index in [1.807, 2.05) is 13.1 Å². The molecule has 5 nitrogen and oxygen atoms in total. The summed E-state index contributed by atoms with van der Waals surface area (Å²) >= 11 is 0. The van der Waals surface area contributed by atoms with Gasteiger partial charge in [0.15, 0.2) is 5.96 Å². The first kappa shape index (κ1) is 17.8. The minimum Gasteiger partial charge on any atom is -0.379 e. The summed E-state index contributed by atoms with van der Waals surface area (Å²) in [6, 6.07) is 10.4. The van der Waals surface area contributed by atoms with E-state index >= 15 is 0 Å². The molecule has 1 saturated heterocycles. The summed E-state index contributed by atoms with van der Waals surface area (Å²) in [5.74, 6) is 0.910. The van der Waals surface area contributed by atoms with Crippen LogP contribution in [-0.4, -0.2) is 57.4 Å². The molecule has 0 radical (unpaired) electrons. The number of guanidine groups is 1. The summed E-state index contributed by atoms with van der Waals surface area (Å²) in [6.07, 6.45) is 3.58. The average Bonchev–Trinajstić information content (AvgIpc) is 3.08. The normalized spacial score (nSPS) is 18.2. The second-order valence-corrected chi connectivity index (χ2v) is 5.88. The van der Waals surface area contributed by atoms with Gasteiger partial charge in [0.1, 0.15) is 0 Å². The molecule has 1 aromatic rings. The van der Waals surface area contributed by atoms with Crippen LogP contribution in [0.15, 0.2) is 35.3 Å². The first-order chi connectivity index (χ1) is 11.3. The smallest absolute Gasteiger partial charge is 0.193 e. The zero-order chi connectivity index (χ0) is 16.3. The Balaban J connectivity index is 1.58. The van der Waals surface area contributed by atoms with Gasteiger partial charge in [-0.05, 0) is 24.8 Å². The van der Waals surface area contributed by atoms with Crippen molar-refractivity contribution >= 4 is 5.96 Å². The number of hydrogen-bond donors (Lipinski definition) is 1. The van der Waals surface area contributed by atoms with Crippen molar-refractivity contribution in [2.75, 3.05) is 40.5 Å². The van der Waals surface area contributed by atoms with Gasteiger partial charge in [0.05, 0.1) is 12.7 Å². The largest absolute Gasteiger partial charge is 0.379 e. The minimum atomic E-state index is 0.313. The van der Waals surface area contributed by atoms with E-state index in [9.17, 15) is 0 Å². The van der Waals surface area contributed by atoms with E-state index in [0.29, 0.717) is 6.10 Å². The van der Waals surface area contributed by atoms with E-state index in [4.69, 9.17) is 9.47 Å². The molecule has 1 N–H and O–H groups in total. The zero-order valence-electron chi connectivity index (χ0n) is 14.3. The lowest BCUT2D eigenvalue weighted by Gasteiger charge is -2.22. The molecule has 2 rings (SSSR count). The van der Waals surface area contributed by atoms with Gasteiger partial charge < -0.3 is 19.7 Å². The monoisotopic (exact) mass is 319 g/mol. The number of rotatable bonds is 8. The summed E-state index contributed by atoms with van der Waals surface area (Å²) in [7, 11) is 3.87. The molecule has 1 unspecified atom stereocenters. The molecule has 1 aromatic carbocycles. The number of hydrogen-bond acceptors (Lipinski definition) is 3. The van der Waals surface area contributed by atoms with Gasteiger partial charge in [-0.3, -0.25) is 4.99 Å². The fourth-order valence-corrected chi connectivity index (χ4v) is 2.68. The molecule has 1 atom stereocenters. The van der Waals surface area contributed by atoms with Crippen LogP contribution in [0.5, 0.6) is 0 Å². The summed E-state index contributed by atoms with van der Waals surface area (Å²) < 4.78 is 11.2. The molecule has 128 valence electrons. The predicted octanol–water partition coefficient (Wildman–Crippen LogP) is 2.28. The Bertz CT molecular complexity index is 459. The third-order valence-corrected chi connectivity index (χ3v) is 3.91. The van der Waals surface area contributed by atoms with Crippen LogP contribution in [0.25, 0.3) is 0 Å². The second-order valence-electron chi connectivity index (χ2n) is 5.88. The summed E-state index contributed by atoms with van der Waals surface area (Å²) in [4.78, 5) is 6.46. The molecule has 0 saturated carbocycles. The van der Waals surface area contributed by atoms with Crippen LogP contribution < -0.4 is 5.32 Å². The predicted molar refractivity (Wildman–Crippen MR) is 93.7 cm³/mol. The Kier molecular flexibility index (Phi) is 7.90. The Morgan fingerprint density at radius 2 is 2.22 bits per heavy atom. The molecule has 1 heterocycles. The molecule has 0 aromatic heterocycles. The van der Waals surface area contributed by atoms with Gasteiger partial charge in [0.25, 0.3) is 0 Å². The number of aliphatic imine (C=N–C) groups is 1. The molecule has 0 amide bonds. The Labute approximate surface area is 139 Å². The lowest BCUT2D eigenvalue weighted by Crippen LogP contribution is -2.39. The van der Waals surface area contributed by atoms with Gasteiger partial charge in [-0.1, -0.05) is 30.3 Å². The highest BCUT2D eigenvalue weighted by atomic mass is 16.5. The number of nitrogens with one attached hydrogen (secondary N) is 1. The van der Waals surface area contributed by atoms with Crippen molar-refractivity contribution in [3.63, 3.8) is 0 Å². The molecule has 1 aliphatic heterocycles. The molecule has 1 aliphatic rings. The highest BCUT2D eigenvalue weighted by Crippen LogP contribution is 2.11. The molecule has 0 aliphatic carbocycles. The topological polar surface area (TPSA) is 46.1 Å². The number of ether oxygens (including phenoxy) is 2. The summed E-state index contributed by atoms with van der Waals surface area (Å²) in [5.41, 5.74) is 1.28. The van der Waals surface area contributed by atoms with Crippen LogP contribution in [0.4, 0.5) is 0 Å². The van der Waals surface area contributed by atoms with Crippen molar-refractivity contribution in [1.29, 1.82) is 0 Å². The average molecular weight is 319 g/mol. The lowest BCUT2D eigenvalue weighted by molar-refractivity contribution is 0.0168. The van der Waals surface area contributed by atoms with Crippen LogP contribution in [0.2, 0.25) is 0 Å². The van der Waals surface area contributed by atoms with Gasteiger partial charge in [0.2, 0.25) is 0 Å². The maximum Gasteiger partial charge on any atom is 0.193 e. The molecule has 0 spiro atoms. The van der Waals surface area contributed by atoms with Crippen molar-refractivity contribution in [1.82, 2.24) is 10.2 Å². The Morgan fingerprint density at radius 3 is 2.91 bits per heavy atom. The van der Waals surface area contributed by atoms with E-state index in [2.05, 4.69) is 46.5 Å². The molecular formula is C18H29N3O2. The quantitative estimate of drug-likeness (QED) is 0.454. The molecule has 1 fully saturated rings. The molecular weight excluding hydrogens is 290 g/mol. The number of benzene rings is 1. The Morgan fingerprint density at radius 1 is 1.39 bits per heavy atom. The van der Waals surface area contributed by atoms with Crippen LogP contribution in [0.3, 0.4) is 0 Å². The van der Waals surface area contributed by atoms with Crippen LogP contribution in [0.1, 0.15) is 24.8 Å². The zero-order valence-corrected chi connectivity index (χ0v) is 14.3. The van der Waals surface area contributed by atoms with Crippen LogP contribution >= 0.6 is 0 Å². The fourth-order valence-electron chi connectivity index (χ4n) is 2.68. The second kappa shape index (κ2) is 10.2. The van der Waals surface area contributed by atoms with E-state index in [1.54, 1.807) is 0 Å². The molecule has 0 bridgehead atoms. The number of nitrogens with zero attached hydrogens (tertiary/aromatic N) is 2. The standard InChI is InChI=1S/C18H29N3O2/c1-19-18(21(2)14-16-8-4-3-5-9-16)20-11-7-12-22-15-17-10-6-13-23-17/h3-5,8-9,17H,6-7,10-15H2,1-2H3,(H,19,20). The van der Waals surface area contributed by atoms with Crippen LogP contribution in [-0.2, 0) is 16.0 Å². The Hall–Kier alpha value is -1.59. The van der Waals surface area contributed by atoms with Crippen LogP contribution in [0, 0.1) is 0 Å². The van der Waals surface area contributed by atoms with Crippen molar-refractivity contribution in [3.8, 4) is 0 Å². The highest BCUT2D eigenvalue weighted by molar-refractivity contribution is 5.79. The summed E-state index contributed by atoms with van der Waals surface area (Å²) in [5, 5.41) is 3.38. The fraction of sp³-hybridized carbons (Fsp3) is 0.611. The van der Waals surface area contributed by atoms with E-state index < -0.39 is 0 Å². The van der Waals surface area contributed by atoms with Crippen molar-refractivity contribution in [2.24, 2.45) is 4.99 Å². The first-order valence-electron chi connectivity index (χ1n) is 8.44. The third-order valence-electron chi connectivity index (χ3n) is 3.91. The maximum absolute atomic E-state index is 5.67. The van der Waals surface area contributed by atoms with Gasteiger partial charge in [-0.15, -0.1) is 0 Å². The van der Waals surface area contributed by atoms with Crippen molar-refractivity contribution in [3.05, 3.63) is 35.9 Å². The van der Waals surface area contributed by atoms with E-state index in [0.717, 1.165) is 51.7 Å².